The molecule has 0 aliphatic rings. The molecule has 26 heavy (non-hydrogen) atoms. The average Bonchev–Trinajstić information content (AvgIpc) is 2.67. The first-order valence-corrected chi connectivity index (χ1v) is 8.57. The van der Waals surface area contributed by atoms with E-state index in [0.29, 0.717) is 6.42 Å². The third-order valence-electron chi connectivity index (χ3n) is 4.01. The van der Waals surface area contributed by atoms with Gasteiger partial charge in [0.15, 0.2) is 0 Å². The molecule has 3 aromatic carbocycles. The molecule has 0 atom stereocenters. The lowest BCUT2D eigenvalue weighted by atomic mass is 10.1. The van der Waals surface area contributed by atoms with Crippen molar-refractivity contribution in [3.63, 3.8) is 0 Å². The number of anilines is 3. The van der Waals surface area contributed by atoms with Gasteiger partial charge in [-0.3, -0.25) is 9.59 Å². The van der Waals surface area contributed by atoms with Gasteiger partial charge in [0.2, 0.25) is 11.8 Å². The molecule has 5 nitrogen and oxygen atoms in total. The Morgan fingerprint density at radius 2 is 1.46 bits per heavy atom. The molecule has 0 saturated heterocycles. The lowest BCUT2D eigenvalue weighted by molar-refractivity contribution is -0.116. The lowest BCUT2D eigenvalue weighted by Crippen LogP contribution is -2.21. The zero-order valence-corrected chi connectivity index (χ0v) is 14.6. The van der Waals surface area contributed by atoms with E-state index in [-0.39, 0.29) is 18.4 Å². The molecule has 0 bridgehead atoms. The predicted molar refractivity (Wildman–Crippen MR) is 106 cm³/mol. The first kappa shape index (κ1) is 17.5. The van der Waals surface area contributed by atoms with Gasteiger partial charge in [0.1, 0.15) is 0 Å². The zero-order valence-electron chi connectivity index (χ0n) is 14.6. The molecular weight excluding hydrogens is 326 g/mol. The zero-order chi connectivity index (χ0) is 18.4. The third-order valence-corrected chi connectivity index (χ3v) is 4.01. The van der Waals surface area contributed by atoms with Gasteiger partial charge in [-0.25, -0.2) is 0 Å². The van der Waals surface area contributed by atoms with Crippen LogP contribution in [0.15, 0.2) is 66.7 Å². The number of hydrogen-bond acceptors (Lipinski definition) is 3. The standard InChI is InChI=1S/C21H21N3O2/c1-2-20(25)23-17-12-10-16(11-13-17)22-14-21(26)24-19-9-5-7-15-6-3-4-8-18(15)19/h3-13,22H,2,14H2,1H3,(H,23,25)(H,24,26). The maximum Gasteiger partial charge on any atom is 0.243 e. The highest BCUT2D eigenvalue weighted by Gasteiger charge is 2.06. The lowest BCUT2D eigenvalue weighted by Gasteiger charge is -2.11. The van der Waals surface area contributed by atoms with Crippen molar-refractivity contribution in [3.05, 3.63) is 66.7 Å². The SMILES string of the molecule is CCC(=O)Nc1ccc(NCC(=O)Nc2cccc3ccccc23)cc1. The van der Waals surface area contributed by atoms with Crippen LogP contribution in [-0.2, 0) is 9.59 Å². The Hall–Kier alpha value is -3.34. The van der Waals surface area contributed by atoms with Gasteiger partial charge in [-0.1, -0.05) is 43.3 Å². The van der Waals surface area contributed by atoms with Crippen LogP contribution in [0.25, 0.3) is 10.8 Å². The summed E-state index contributed by atoms with van der Waals surface area (Å²) in [4.78, 5) is 23.6. The van der Waals surface area contributed by atoms with Crippen LogP contribution in [0.5, 0.6) is 0 Å². The number of nitrogens with one attached hydrogen (secondary N) is 3. The molecule has 0 fully saturated rings. The van der Waals surface area contributed by atoms with E-state index in [4.69, 9.17) is 0 Å². The van der Waals surface area contributed by atoms with Crippen molar-refractivity contribution in [3.8, 4) is 0 Å². The fourth-order valence-corrected chi connectivity index (χ4v) is 2.63. The van der Waals surface area contributed by atoms with Gasteiger partial charge < -0.3 is 16.0 Å². The smallest absolute Gasteiger partial charge is 0.243 e. The van der Waals surface area contributed by atoms with Crippen LogP contribution in [0, 0.1) is 0 Å². The number of hydrogen-bond donors (Lipinski definition) is 3. The molecule has 0 saturated carbocycles. The molecule has 0 aliphatic carbocycles. The molecule has 3 rings (SSSR count). The molecule has 5 heteroatoms. The summed E-state index contributed by atoms with van der Waals surface area (Å²) in [5.41, 5.74) is 2.35. The highest BCUT2D eigenvalue weighted by Crippen LogP contribution is 2.22. The summed E-state index contributed by atoms with van der Waals surface area (Å²) < 4.78 is 0. The minimum absolute atomic E-state index is 0.0276. The van der Waals surface area contributed by atoms with Gasteiger partial charge >= 0.3 is 0 Å². The van der Waals surface area contributed by atoms with E-state index in [2.05, 4.69) is 16.0 Å². The maximum atomic E-state index is 12.3. The number of amides is 2. The Labute approximate surface area is 152 Å². The number of rotatable bonds is 6. The van der Waals surface area contributed by atoms with Crippen LogP contribution in [0.3, 0.4) is 0 Å². The second-order valence-corrected chi connectivity index (χ2v) is 5.91. The largest absolute Gasteiger partial charge is 0.376 e. The van der Waals surface area contributed by atoms with E-state index in [1.165, 1.54) is 0 Å². The van der Waals surface area contributed by atoms with Gasteiger partial charge in [0.05, 0.1) is 6.54 Å². The third kappa shape index (κ3) is 4.39. The van der Waals surface area contributed by atoms with E-state index >= 15 is 0 Å². The predicted octanol–water partition coefficient (Wildman–Crippen LogP) is 4.24. The van der Waals surface area contributed by atoms with Crippen LogP contribution in [0.4, 0.5) is 17.1 Å². The monoisotopic (exact) mass is 347 g/mol. The van der Waals surface area contributed by atoms with Crippen LogP contribution in [0.2, 0.25) is 0 Å². The fraction of sp³-hybridized carbons (Fsp3) is 0.143. The van der Waals surface area contributed by atoms with Crippen molar-refractivity contribution >= 4 is 39.6 Å². The van der Waals surface area contributed by atoms with E-state index in [1.54, 1.807) is 19.1 Å². The minimum atomic E-state index is -0.121. The highest BCUT2D eigenvalue weighted by molar-refractivity contribution is 6.03. The van der Waals surface area contributed by atoms with E-state index in [1.807, 2.05) is 54.6 Å². The van der Waals surface area contributed by atoms with E-state index in [9.17, 15) is 9.59 Å². The van der Waals surface area contributed by atoms with Gasteiger partial charge in [-0.05, 0) is 35.7 Å². The molecule has 0 spiro atoms. The average molecular weight is 347 g/mol. The minimum Gasteiger partial charge on any atom is -0.376 e. The van der Waals surface area contributed by atoms with Crippen molar-refractivity contribution in [1.82, 2.24) is 0 Å². The first-order chi connectivity index (χ1) is 12.7. The molecule has 0 aliphatic heterocycles. The Morgan fingerprint density at radius 3 is 2.23 bits per heavy atom. The Balaban J connectivity index is 1.58. The first-order valence-electron chi connectivity index (χ1n) is 8.57. The van der Waals surface area contributed by atoms with Gasteiger partial charge in [-0.2, -0.15) is 0 Å². The summed E-state index contributed by atoms with van der Waals surface area (Å²) in [7, 11) is 0. The molecule has 3 aromatic rings. The molecule has 0 unspecified atom stereocenters. The Bertz CT molecular complexity index is 915. The molecule has 0 aromatic heterocycles. The van der Waals surface area contributed by atoms with Crippen molar-refractivity contribution in [2.75, 3.05) is 22.5 Å². The van der Waals surface area contributed by atoms with Crippen molar-refractivity contribution in [2.45, 2.75) is 13.3 Å². The summed E-state index contributed by atoms with van der Waals surface area (Å²) in [5.74, 6) is -0.148. The second kappa shape index (κ2) is 8.16. The van der Waals surface area contributed by atoms with E-state index < -0.39 is 0 Å². The molecule has 132 valence electrons. The molecule has 0 heterocycles. The van der Waals surface area contributed by atoms with Gasteiger partial charge in [0, 0.05) is 28.9 Å². The van der Waals surface area contributed by atoms with Gasteiger partial charge in [0.25, 0.3) is 0 Å². The topological polar surface area (TPSA) is 70.2 Å². The summed E-state index contributed by atoms with van der Waals surface area (Å²) >= 11 is 0. The van der Waals surface area contributed by atoms with Crippen molar-refractivity contribution in [1.29, 1.82) is 0 Å². The molecular formula is C21H21N3O2. The summed E-state index contributed by atoms with van der Waals surface area (Å²) in [6.45, 7) is 1.96. The molecule has 0 radical (unpaired) electrons. The summed E-state index contributed by atoms with van der Waals surface area (Å²) in [6, 6.07) is 21.0. The number of carbonyl (C=O) groups is 2. The molecule has 2 amide bonds. The Morgan fingerprint density at radius 1 is 0.769 bits per heavy atom. The number of fused-ring (bicyclic) bond motifs is 1. The van der Waals surface area contributed by atoms with Crippen LogP contribution < -0.4 is 16.0 Å². The van der Waals surface area contributed by atoms with Crippen LogP contribution >= 0.6 is 0 Å². The normalized spacial score (nSPS) is 10.3. The van der Waals surface area contributed by atoms with Crippen molar-refractivity contribution < 1.29 is 9.59 Å². The summed E-state index contributed by atoms with van der Waals surface area (Å²) in [6.07, 6.45) is 0.439. The number of benzene rings is 3. The van der Waals surface area contributed by atoms with E-state index in [0.717, 1.165) is 27.8 Å². The summed E-state index contributed by atoms with van der Waals surface area (Å²) in [5, 5.41) is 10.9. The molecule has 3 N–H and O–H groups in total. The number of carbonyl (C=O) groups excluding carboxylic acids is 2. The van der Waals surface area contributed by atoms with Crippen molar-refractivity contribution in [2.24, 2.45) is 0 Å². The second-order valence-electron chi connectivity index (χ2n) is 5.91. The van der Waals surface area contributed by atoms with Crippen LogP contribution in [-0.4, -0.2) is 18.4 Å². The quantitative estimate of drug-likeness (QED) is 0.625. The maximum absolute atomic E-state index is 12.3. The van der Waals surface area contributed by atoms with Gasteiger partial charge in [-0.15, -0.1) is 0 Å². The van der Waals surface area contributed by atoms with Crippen LogP contribution in [0.1, 0.15) is 13.3 Å². The fourth-order valence-electron chi connectivity index (χ4n) is 2.63. The highest BCUT2D eigenvalue weighted by atomic mass is 16.2. The Kier molecular flexibility index (Phi) is 5.49.